The van der Waals surface area contributed by atoms with Crippen LogP contribution in [0.25, 0.3) is 22.0 Å². The molecular weight excluding hydrogens is 417 g/mol. The van der Waals surface area contributed by atoms with Gasteiger partial charge in [0, 0.05) is 17.7 Å². The van der Waals surface area contributed by atoms with Gasteiger partial charge < -0.3 is 4.90 Å². The van der Waals surface area contributed by atoms with E-state index < -0.39 is 6.17 Å². The third-order valence-corrected chi connectivity index (χ3v) is 5.95. The average Bonchev–Trinajstić information content (AvgIpc) is 3.40. The number of nitrogens with one attached hydrogen (secondary N) is 2. The van der Waals surface area contributed by atoms with Gasteiger partial charge in [0.1, 0.15) is 18.4 Å². The van der Waals surface area contributed by atoms with Gasteiger partial charge in [-0.3, -0.25) is 15.6 Å². The summed E-state index contributed by atoms with van der Waals surface area (Å²) in [6, 6.07) is 19.5. The summed E-state index contributed by atoms with van der Waals surface area (Å²) < 4.78 is 15.2. The molecule has 8 heteroatoms. The molecule has 0 radical (unpaired) electrons. The molecule has 2 N–H and O–H groups in total. The molecule has 1 saturated heterocycles. The first kappa shape index (κ1) is 19.6. The van der Waals surface area contributed by atoms with Crippen molar-refractivity contribution in [3.63, 3.8) is 0 Å². The number of likely N-dealkylation sites (tertiary alicyclic amines) is 1. The van der Waals surface area contributed by atoms with E-state index in [0.717, 1.165) is 22.4 Å². The van der Waals surface area contributed by atoms with E-state index in [1.165, 1.54) is 0 Å². The van der Waals surface area contributed by atoms with E-state index in [2.05, 4.69) is 10.9 Å². The van der Waals surface area contributed by atoms with Crippen molar-refractivity contribution >= 4 is 34.1 Å². The normalized spacial score (nSPS) is 17.9. The van der Waals surface area contributed by atoms with Crippen LogP contribution >= 0.6 is 11.6 Å². The Labute approximate surface area is 184 Å². The summed E-state index contributed by atoms with van der Waals surface area (Å²) in [7, 11) is 0. The highest BCUT2D eigenvalue weighted by molar-refractivity contribution is 6.53. The minimum absolute atomic E-state index is 0.00139. The van der Waals surface area contributed by atoms with Crippen molar-refractivity contribution in [3.05, 3.63) is 71.8 Å². The number of hydrogen-bond acceptors (Lipinski definition) is 4. The summed E-state index contributed by atoms with van der Waals surface area (Å²) >= 11 is 6.88. The minimum Gasteiger partial charge on any atom is -0.338 e. The SMILES string of the molecule is O=C(Cn1nc(-c2ccccc2)c2c1NNC(c1ccccc1)=C2Cl)N1CC[C@H](F)C1. The fourth-order valence-corrected chi connectivity index (χ4v) is 4.32. The van der Waals surface area contributed by atoms with Crippen LogP contribution in [0.1, 0.15) is 17.5 Å². The molecule has 0 aliphatic carbocycles. The van der Waals surface area contributed by atoms with Crippen molar-refractivity contribution in [2.45, 2.75) is 19.1 Å². The van der Waals surface area contributed by atoms with Gasteiger partial charge in [-0.2, -0.15) is 5.10 Å². The quantitative estimate of drug-likeness (QED) is 0.644. The Kier molecular flexibility index (Phi) is 5.11. The second kappa shape index (κ2) is 8.07. The van der Waals surface area contributed by atoms with Crippen LogP contribution in [0.4, 0.5) is 10.2 Å². The summed E-state index contributed by atoms with van der Waals surface area (Å²) in [5, 5.41) is 5.24. The molecule has 5 rings (SSSR count). The van der Waals surface area contributed by atoms with E-state index in [-0.39, 0.29) is 19.0 Å². The first-order valence-corrected chi connectivity index (χ1v) is 10.6. The molecule has 2 aliphatic rings. The second-order valence-corrected chi connectivity index (χ2v) is 8.00. The number of fused-ring (bicyclic) bond motifs is 1. The molecule has 0 saturated carbocycles. The van der Waals surface area contributed by atoms with Crippen LogP contribution in [0.2, 0.25) is 0 Å². The van der Waals surface area contributed by atoms with Crippen molar-refractivity contribution in [2.75, 3.05) is 18.5 Å². The Morgan fingerprint density at radius 3 is 2.39 bits per heavy atom. The monoisotopic (exact) mass is 437 g/mol. The van der Waals surface area contributed by atoms with Gasteiger partial charge in [-0.05, 0) is 6.42 Å². The lowest BCUT2D eigenvalue weighted by molar-refractivity contribution is -0.131. The first-order valence-electron chi connectivity index (χ1n) is 10.2. The largest absolute Gasteiger partial charge is 0.338 e. The van der Waals surface area contributed by atoms with Crippen LogP contribution in [0.3, 0.4) is 0 Å². The molecule has 2 aliphatic heterocycles. The number of nitrogens with zero attached hydrogens (tertiary/aromatic N) is 3. The van der Waals surface area contributed by atoms with Crippen molar-refractivity contribution in [2.24, 2.45) is 0 Å². The van der Waals surface area contributed by atoms with E-state index in [1.807, 2.05) is 60.7 Å². The fourth-order valence-electron chi connectivity index (χ4n) is 3.99. The lowest BCUT2D eigenvalue weighted by Gasteiger charge is -2.23. The summed E-state index contributed by atoms with van der Waals surface area (Å²) in [5.41, 5.74) is 10.3. The van der Waals surface area contributed by atoms with E-state index in [1.54, 1.807) is 9.58 Å². The van der Waals surface area contributed by atoms with Gasteiger partial charge in [0.05, 0.1) is 22.8 Å². The number of alkyl halides is 1. The zero-order valence-electron chi connectivity index (χ0n) is 16.7. The minimum atomic E-state index is -0.957. The maximum absolute atomic E-state index is 13.6. The van der Waals surface area contributed by atoms with Gasteiger partial charge in [-0.25, -0.2) is 9.07 Å². The Morgan fingerprint density at radius 1 is 1.06 bits per heavy atom. The number of rotatable bonds is 4. The Morgan fingerprint density at radius 2 is 1.74 bits per heavy atom. The highest BCUT2D eigenvalue weighted by Crippen LogP contribution is 2.41. The smallest absolute Gasteiger partial charge is 0.244 e. The summed E-state index contributed by atoms with van der Waals surface area (Å²) in [6.45, 7) is 0.569. The van der Waals surface area contributed by atoms with E-state index in [4.69, 9.17) is 16.7 Å². The highest BCUT2D eigenvalue weighted by Gasteiger charge is 2.31. The van der Waals surface area contributed by atoms with Crippen molar-refractivity contribution in [1.29, 1.82) is 0 Å². The number of aromatic nitrogens is 2. The van der Waals surface area contributed by atoms with Gasteiger partial charge in [0.15, 0.2) is 5.82 Å². The van der Waals surface area contributed by atoms with Crippen LogP contribution in [-0.4, -0.2) is 39.8 Å². The number of hydrogen-bond donors (Lipinski definition) is 2. The predicted molar refractivity (Wildman–Crippen MR) is 120 cm³/mol. The van der Waals surface area contributed by atoms with Gasteiger partial charge >= 0.3 is 0 Å². The number of hydrazine groups is 1. The van der Waals surface area contributed by atoms with E-state index in [0.29, 0.717) is 29.5 Å². The van der Waals surface area contributed by atoms with E-state index in [9.17, 15) is 9.18 Å². The van der Waals surface area contributed by atoms with Crippen LogP contribution < -0.4 is 10.9 Å². The zero-order chi connectivity index (χ0) is 21.4. The van der Waals surface area contributed by atoms with Crippen LogP contribution in [0.15, 0.2) is 60.7 Å². The topological polar surface area (TPSA) is 62.2 Å². The summed E-state index contributed by atoms with van der Waals surface area (Å²) in [6.07, 6.45) is -0.575. The van der Waals surface area contributed by atoms with E-state index >= 15 is 0 Å². The molecule has 0 bridgehead atoms. The number of halogens is 2. The Balaban J connectivity index is 1.58. The molecule has 3 heterocycles. The molecule has 2 aromatic carbocycles. The molecule has 6 nitrogen and oxygen atoms in total. The maximum Gasteiger partial charge on any atom is 0.244 e. The molecular formula is C23H21ClFN5O. The number of carbonyl (C=O) groups excluding carboxylic acids is 1. The highest BCUT2D eigenvalue weighted by atomic mass is 35.5. The third-order valence-electron chi connectivity index (χ3n) is 5.58. The Bertz CT molecular complexity index is 1150. The number of carbonyl (C=O) groups is 1. The zero-order valence-corrected chi connectivity index (χ0v) is 17.4. The van der Waals surface area contributed by atoms with Crippen molar-refractivity contribution in [3.8, 4) is 11.3 Å². The molecule has 1 fully saturated rings. The second-order valence-electron chi connectivity index (χ2n) is 7.63. The molecule has 1 atom stereocenters. The van der Waals surface area contributed by atoms with Crippen LogP contribution in [-0.2, 0) is 11.3 Å². The lowest BCUT2D eigenvalue weighted by Crippen LogP contribution is -2.34. The molecule has 0 unspecified atom stereocenters. The summed E-state index contributed by atoms with van der Waals surface area (Å²) in [4.78, 5) is 14.3. The van der Waals surface area contributed by atoms with Crippen molar-refractivity contribution < 1.29 is 9.18 Å². The maximum atomic E-state index is 13.6. The van der Waals surface area contributed by atoms with Crippen LogP contribution in [0, 0.1) is 0 Å². The lowest BCUT2D eigenvalue weighted by atomic mass is 10.0. The predicted octanol–water partition coefficient (Wildman–Crippen LogP) is 4.12. The standard InChI is InChI=1S/C23H21ClFN5O/c24-20-19-21(15-7-3-1-4-8-15)28-30(14-18(31)29-12-11-17(25)13-29)23(19)27-26-22(20)16-9-5-2-6-10-16/h1-10,17,26-27H,11-14H2/t17-/m0/s1. The van der Waals surface area contributed by atoms with Crippen LogP contribution in [0.5, 0.6) is 0 Å². The third kappa shape index (κ3) is 3.65. The molecule has 158 valence electrons. The van der Waals surface area contributed by atoms with Gasteiger partial charge in [0.2, 0.25) is 5.91 Å². The molecule has 0 spiro atoms. The molecule has 1 aromatic heterocycles. The fraction of sp³-hybridized carbons (Fsp3) is 0.217. The van der Waals surface area contributed by atoms with Gasteiger partial charge in [-0.15, -0.1) is 0 Å². The molecule has 31 heavy (non-hydrogen) atoms. The first-order chi connectivity index (χ1) is 15.1. The van der Waals surface area contributed by atoms with Gasteiger partial charge in [0.25, 0.3) is 0 Å². The number of anilines is 1. The molecule has 1 amide bonds. The number of amides is 1. The molecule has 3 aromatic rings. The van der Waals surface area contributed by atoms with Gasteiger partial charge in [-0.1, -0.05) is 72.3 Å². The average molecular weight is 438 g/mol. The number of benzene rings is 2. The Hall–Kier alpha value is -3.32. The van der Waals surface area contributed by atoms with Crippen molar-refractivity contribution in [1.82, 2.24) is 20.1 Å². The summed E-state index contributed by atoms with van der Waals surface area (Å²) in [5.74, 6) is 0.439.